The predicted octanol–water partition coefficient (Wildman–Crippen LogP) is 3.56. The third-order valence-electron chi connectivity index (χ3n) is 4.41. The Labute approximate surface area is 206 Å². The van der Waals surface area contributed by atoms with Gasteiger partial charge in [0.1, 0.15) is 18.8 Å². The van der Waals surface area contributed by atoms with E-state index in [4.69, 9.17) is 24.7 Å². The van der Waals surface area contributed by atoms with Crippen LogP contribution < -0.4 is 15.2 Å². The second-order valence-corrected chi connectivity index (χ2v) is 10.1. The Balaban J connectivity index is 2.96. The molecule has 10 heteroatoms. The van der Waals surface area contributed by atoms with E-state index in [-0.39, 0.29) is 31.1 Å². The van der Waals surface area contributed by atoms with E-state index >= 15 is 0 Å². The number of ether oxygens (including phenoxy) is 5. The summed E-state index contributed by atoms with van der Waals surface area (Å²) in [5.41, 5.74) is 4.97. The first-order chi connectivity index (χ1) is 16.0. The van der Waals surface area contributed by atoms with Crippen LogP contribution >= 0.6 is 0 Å². The molecule has 0 aromatic heterocycles. The van der Waals surface area contributed by atoms with Crippen LogP contribution in [0, 0.1) is 10.8 Å². The summed E-state index contributed by atoms with van der Waals surface area (Å²) >= 11 is 0. The molecule has 0 bridgehead atoms. The number of esters is 3. The zero-order valence-corrected chi connectivity index (χ0v) is 21.8. The van der Waals surface area contributed by atoms with Crippen molar-refractivity contribution in [1.82, 2.24) is 0 Å². The van der Waals surface area contributed by atoms with Gasteiger partial charge in [-0.1, -0.05) is 6.07 Å². The van der Waals surface area contributed by atoms with Gasteiger partial charge < -0.3 is 29.4 Å². The fraction of sp³-hybridized carbons (Fsp3) is 0.600. The molecule has 0 amide bonds. The summed E-state index contributed by atoms with van der Waals surface area (Å²) in [7, 11) is 0. The Morgan fingerprint density at radius 1 is 0.886 bits per heavy atom. The molecule has 0 fully saturated rings. The Morgan fingerprint density at radius 3 is 1.94 bits per heavy atom. The first-order valence-electron chi connectivity index (χ1n) is 11.4. The maximum absolute atomic E-state index is 12.5. The molecular weight excluding hydrogens is 458 g/mol. The average Bonchev–Trinajstić information content (AvgIpc) is 2.72. The summed E-state index contributed by atoms with van der Waals surface area (Å²) < 4.78 is 25.6. The maximum atomic E-state index is 12.5. The van der Waals surface area contributed by atoms with E-state index < -0.39 is 47.0 Å². The summed E-state index contributed by atoms with van der Waals surface area (Å²) in [5.74, 6) is -1.62. The van der Waals surface area contributed by atoms with Crippen LogP contribution in [0.2, 0.25) is 0 Å². The maximum Gasteiger partial charge on any atom is 0.508 e. The molecule has 0 radical (unpaired) electrons. The predicted molar refractivity (Wildman–Crippen MR) is 127 cm³/mol. The molecule has 1 rings (SSSR count). The van der Waals surface area contributed by atoms with Gasteiger partial charge in [-0.2, -0.15) is 0 Å². The second kappa shape index (κ2) is 12.5. The Hall–Kier alpha value is -3.14. The Kier molecular flexibility index (Phi) is 10.7. The van der Waals surface area contributed by atoms with Gasteiger partial charge in [-0.25, -0.2) is 4.79 Å². The van der Waals surface area contributed by atoms with Crippen LogP contribution in [0.3, 0.4) is 0 Å². The molecule has 2 N–H and O–H groups in total. The van der Waals surface area contributed by atoms with Gasteiger partial charge in [0.2, 0.25) is 0 Å². The molecular formula is C25H37NO9. The molecule has 0 aliphatic heterocycles. The quantitative estimate of drug-likeness (QED) is 0.399. The molecule has 0 spiro atoms. The monoisotopic (exact) mass is 495 g/mol. The molecule has 0 aliphatic carbocycles. The molecule has 1 aromatic carbocycles. The minimum Gasteiger partial charge on any atom is -0.458 e. The van der Waals surface area contributed by atoms with Gasteiger partial charge in [-0.3, -0.25) is 14.4 Å². The summed E-state index contributed by atoms with van der Waals surface area (Å²) in [6.45, 7) is 13.4. The Bertz CT molecular complexity index is 912. The van der Waals surface area contributed by atoms with Crippen molar-refractivity contribution in [2.75, 3.05) is 13.2 Å². The summed E-state index contributed by atoms with van der Waals surface area (Å²) in [6, 6.07) is 3.54. The molecule has 0 heterocycles. The van der Waals surface area contributed by atoms with Gasteiger partial charge in [0.25, 0.3) is 0 Å². The fourth-order valence-electron chi connectivity index (χ4n) is 2.35. The lowest BCUT2D eigenvalue weighted by molar-refractivity contribution is -0.152. The number of carbonyl (C=O) groups excluding carboxylic acids is 4. The number of nitrogens with two attached hydrogens (primary N) is 1. The van der Waals surface area contributed by atoms with Gasteiger partial charge in [-0.05, 0) is 79.5 Å². The van der Waals surface area contributed by atoms with Crippen molar-refractivity contribution in [3.05, 3.63) is 23.8 Å². The van der Waals surface area contributed by atoms with Crippen molar-refractivity contribution in [3.8, 4) is 11.5 Å². The zero-order chi connectivity index (χ0) is 27.0. The molecule has 1 aromatic rings. The van der Waals surface area contributed by atoms with E-state index in [0.29, 0.717) is 5.56 Å². The molecule has 196 valence electrons. The summed E-state index contributed by atoms with van der Waals surface area (Å²) in [4.78, 5) is 48.5. The van der Waals surface area contributed by atoms with Crippen molar-refractivity contribution in [1.29, 1.82) is 0 Å². The minimum atomic E-state index is -1.05. The minimum absolute atomic E-state index is 0.0387. The van der Waals surface area contributed by atoms with Gasteiger partial charge >= 0.3 is 24.1 Å². The number of hydrogen-bond donors (Lipinski definition) is 1. The van der Waals surface area contributed by atoms with Crippen molar-refractivity contribution in [3.63, 3.8) is 0 Å². The Morgan fingerprint density at radius 2 is 1.43 bits per heavy atom. The number of carbonyl (C=O) groups is 4. The lowest BCUT2D eigenvalue weighted by Gasteiger charge is -2.21. The number of rotatable bonds is 9. The van der Waals surface area contributed by atoms with Gasteiger partial charge in [0.05, 0.1) is 17.4 Å². The molecule has 0 saturated heterocycles. The standard InChI is InChI=1S/C25H37NO9/c1-9-31-23(30)32-14-15(2)33-20(27)17(26)12-16-10-11-18(34-21(28)24(3,4)5)19(13-16)35-22(29)25(6,7)8/h10-11,13,15,17H,9,12,14,26H2,1-8H3/t15-,17-/m0/s1. The van der Waals surface area contributed by atoms with Crippen LogP contribution in [0.1, 0.15) is 61.0 Å². The van der Waals surface area contributed by atoms with E-state index in [9.17, 15) is 19.2 Å². The summed E-state index contributed by atoms with van der Waals surface area (Å²) in [5, 5.41) is 0. The number of benzene rings is 1. The largest absolute Gasteiger partial charge is 0.508 e. The molecule has 2 atom stereocenters. The van der Waals surface area contributed by atoms with E-state index in [1.807, 2.05) is 0 Å². The van der Waals surface area contributed by atoms with Crippen LogP contribution in [-0.2, 0) is 35.0 Å². The lowest BCUT2D eigenvalue weighted by Crippen LogP contribution is -2.37. The van der Waals surface area contributed by atoms with Crippen molar-refractivity contribution in [2.45, 2.75) is 74.0 Å². The molecule has 0 unspecified atom stereocenters. The highest BCUT2D eigenvalue weighted by molar-refractivity contribution is 5.81. The smallest absolute Gasteiger partial charge is 0.458 e. The lowest BCUT2D eigenvalue weighted by atomic mass is 9.97. The highest BCUT2D eigenvalue weighted by Crippen LogP contribution is 2.33. The topological polar surface area (TPSA) is 140 Å². The van der Waals surface area contributed by atoms with E-state index in [2.05, 4.69) is 4.74 Å². The second-order valence-electron chi connectivity index (χ2n) is 10.1. The normalized spacial score (nSPS) is 13.3. The van der Waals surface area contributed by atoms with Crippen molar-refractivity contribution < 1.29 is 42.9 Å². The molecule has 10 nitrogen and oxygen atoms in total. The van der Waals surface area contributed by atoms with Crippen LogP contribution in [0.5, 0.6) is 11.5 Å². The van der Waals surface area contributed by atoms with Crippen LogP contribution in [-0.4, -0.2) is 49.4 Å². The van der Waals surface area contributed by atoms with E-state index in [1.165, 1.54) is 12.1 Å². The van der Waals surface area contributed by atoms with Crippen LogP contribution in [0.15, 0.2) is 18.2 Å². The van der Waals surface area contributed by atoms with Crippen molar-refractivity contribution >= 4 is 24.1 Å². The van der Waals surface area contributed by atoms with Crippen LogP contribution in [0.25, 0.3) is 0 Å². The van der Waals surface area contributed by atoms with Gasteiger partial charge in [-0.15, -0.1) is 0 Å². The number of hydrogen-bond acceptors (Lipinski definition) is 10. The highest BCUT2D eigenvalue weighted by atomic mass is 16.7. The third kappa shape index (κ3) is 10.3. The van der Waals surface area contributed by atoms with E-state index in [0.717, 1.165) is 0 Å². The van der Waals surface area contributed by atoms with Gasteiger partial charge in [0, 0.05) is 0 Å². The molecule has 0 saturated carbocycles. The average molecular weight is 496 g/mol. The van der Waals surface area contributed by atoms with E-state index in [1.54, 1.807) is 61.5 Å². The highest BCUT2D eigenvalue weighted by Gasteiger charge is 2.29. The zero-order valence-electron chi connectivity index (χ0n) is 21.8. The van der Waals surface area contributed by atoms with Gasteiger partial charge in [0.15, 0.2) is 11.5 Å². The first kappa shape index (κ1) is 29.9. The molecule has 35 heavy (non-hydrogen) atoms. The summed E-state index contributed by atoms with van der Waals surface area (Å²) in [6.07, 6.45) is -1.54. The van der Waals surface area contributed by atoms with Crippen molar-refractivity contribution in [2.24, 2.45) is 16.6 Å². The molecule has 0 aliphatic rings. The van der Waals surface area contributed by atoms with Crippen LogP contribution in [0.4, 0.5) is 4.79 Å². The SMILES string of the molecule is CCOC(=O)OC[C@H](C)OC(=O)[C@@H](N)Cc1ccc(OC(=O)C(C)(C)C)c(OC(=O)C(C)(C)C)c1. The third-order valence-corrected chi connectivity index (χ3v) is 4.41. The fourth-order valence-corrected chi connectivity index (χ4v) is 2.35. The first-order valence-corrected chi connectivity index (χ1v) is 11.4.